The maximum atomic E-state index is 12.2. The Bertz CT molecular complexity index is 849. The predicted molar refractivity (Wildman–Crippen MR) is 92.1 cm³/mol. The average molecular weight is 349 g/mol. The number of thiophene rings is 1. The zero-order chi connectivity index (χ0) is 17.3. The SMILES string of the molecule is Cc1sc2ncnc(N(C)Cc3ccc(OC(F)F)cc3)c2c1C. The molecule has 3 aromatic rings. The van der Waals surface area contributed by atoms with E-state index in [9.17, 15) is 8.78 Å². The van der Waals surface area contributed by atoms with E-state index in [2.05, 4.69) is 28.6 Å². The smallest absolute Gasteiger partial charge is 0.387 e. The molecule has 0 aliphatic rings. The van der Waals surface area contributed by atoms with Crippen molar-refractivity contribution in [1.82, 2.24) is 9.97 Å². The van der Waals surface area contributed by atoms with Gasteiger partial charge in [0.05, 0.1) is 5.39 Å². The van der Waals surface area contributed by atoms with Gasteiger partial charge >= 0.3 is 6.61 Å². The summed E-state index contributed by atoms with van der Waals surface area (Å²) in [6.45, 7) is 1.95. The van der Waals surface area contributed by atoms with E-state index >= 15 is 0 Å². The van der Waals surface area contributed by atoms with Crippen molar-refractivity contribution in [2.24, 2.45) is 0 Å². The van der Waals surface area contributed by atoms with Crippen LogP contribution in [0, 0.1) is 13.8 Å². The molecule has 0 bridgehead atoms. The minimum Gasteiger partial charge on any atom is -0.435 e. The molecule has 0 aliphatic heterocycles. The number of benzene rings is 1. The van der Waals surface area contributed by atoms with Gasteiger partial charge in [-0.2, -0.15) is 8.78 Å². The number of fused-ring (bicyclic) bond motifs is 1. The van der Waals surface area contributed by atoms with E-state index in [1.165, 1.54) is 10.4 Å². The Morgan fingerprint density at radius 2 is 1.88 bits per heavy atom. The van der Waals surface area contributed by atoms with Gasteiger partial charge in [-0.3, -0.25) is 0 Å². The van der Waals surface area contributed by atoms with Crippen LogP contribution in [0.4, 0.5) is 14.6 Å². The number of aromatic nitrogens is 2. The van der Waals surface area contributed by atoms with Crippen LogP contribution in [0.15, 0.2) is 30.6 Å². The highest BCUT2D eigenvalue weighted by Crippen LogP contribution is 2.34. The number of aryl methyl sites for hydroxylation is 2. The van der Waals surface area contributed by atoms with Gasteiger partial charge in [0.15, 0.2) is 0 Å². The van der Waals surface area contributed by atoms with Crippen LogP contribution in [0.1, 0.15) is 16.0 Å². The minimum absolute atomic E-state index is 0.158. The molecular weight excluding hydrogens is 332 g/mol. The number of rotatable bonds is 5. The fraction of sp³-hybridized carbons (Fsp3) is 0.294. The van der Waals surface area contributed by atoms with E-state index in [1.54, 1.807) is 41.9 Å². The predicted octanol–water partition coefficient (Wildman–Crippen LogP) is 4.55. The standard InChI is InChI=1S/C17H17F2N3OS/c1-10-11(2)24-16-14(10)15(20-9-21-16)22(3)8-12-4-6-13(7-5-12)23-17(18)19/h4-7,9,17H,8H2,1-3H3. The Morgan fingerprint density at radius 3 is 2.54 bits per heavy atom. The molecule has 0 saturated carbocycles. The van der Waals surface area contributed by atoms with Crippen molar-refractivity contribution in [3.8, 4) is 5.75 Å². The number of hydrogen-bond acceptors (Lipinski definition) is 5. The Labute approximate surface area is 142 Å². The Kier molecular flexibility index (Phi) is 4.62. The molecular formula is C17H17F2N3OS. The largest absolute Gasteiger partial charge is 0.435 e. The van der Waals surface area contributed by atoms with E-state index in [0.717, 1.165) is 21.6 Å². The van der Waals surface area contributed by atoms with Crippen molar-refractivity contribution in [3.05, 3.63) is 46.6 Å². The fourth-order valence-corrected chi connectivity index (χ4v) is 3.57. The van der Waals surface area contributed by atoms with Gasteiger partial charge in [0.1, 0.15) is 22.7 Å². The van der Waals surface area contributed by atoms with Crippen molar-refractivity contribution in [1.29, 1.82) is 0 Å². The molecule has 126 valence electrons. The second kappa shape index (κ2) is 6.68. The summed E-state index contributed by atoms with van der Waals surface area (Å²) in [6.07, 6.45) is 1.57. The molecule has 2 heterocycles. The summed E-state index contributed by atoms with van der Waals surface area (Å²) in [5.41, 5.74) is 2.17. The van der Waals surface area contributed by atoms with Crippen molar-refractivity contribution in [2.45, 2.75) is 27.0 Å². The topological polar surface area (TPSA) is 38.2 Å². The maximum absolute atomic E-state index is 12.2. The number of ether oxygens (including phenoxy) is 1. The third-order valence-corrected chi connectivity index (χ3v) is 4.99. The second-order valence-electron chi connectivity index (χ2n) is 5.54. The van der Waals surface area contributed by atoms with Crippen molar-refractivity contribution in [3.63, 3.8) is 0 Å². The van der Waals surface area contributed by atoms with Gasteiger partial charge < -0.3 is 9.64 Å². The molecule has 4 nitrogen and oxygen atoms in total. The summed E-state index contributed by atoms with van der Waals surface area (Å²) >= 11 is 1.66. The summed E-state index contributed by atoms with van der Waals surface area (Å²) in [5.74, 6) is 1.03. The number of alkyl halides is 2. The molecule has 0 atom stereocenters. The Morgan fingerprint density at radius 1 is 1.17 bits per heavy atom. The molecule has 7 heteroatoms. The van der Waals surface area contributed by atoms with Crippen molar-refractivity contribution in [2.75, 3.05) is 11.9 Å². The molecule has 0 amide bonds. The van der Waals surface area contributed by atoms with Gasteiger partial charge in [-0.25, -0.2) is 9.97 Å². The highest BCUT2D eigenvalue weighted by molar-refractivity contribution is 7.18. The van der Waals surface area contributed by atoms with Crippen LogP contribution < -0.4 is 9.64 Å². The highest BCUT2D eigenvalue weighted by atomic mass is 32.1. The normalized spacial score (nSPS) is 11.2. The average Bonchev–Trinajstić information content (AvgIpc) is 2.83. The van der Waals surface area contributed by atoms with Gasteiger partial charge in [0.2, 0.25) is 0 Å². The lowest BCUT2D eigenvalue weighted by atomic mass is 10.2. The summed E-state index contributed by atoms with van der Waals surface area (Å²) in [5, 5.41) is 1.07. The van der Waals surface area contributed by atoms with Crippen LogP contribution in [0.5, 0.6) is 5.75 Å². The molecule has 3 rings (SSSR count). The number of anilines is 1. The highest BCUT2D eigenvalue weighted by Gasteiger charge is 2.15. The third-order valence-electron chi connectivity index (χ3n) is 3.88. The first-order valence-electron chi connectivity index (χ1n) is 7.41. The molecule has 0 aliphatic carbocycles. The molecule has 0 saturated heterocycles. The van der Waals surface area contributed by atoms with E-state index in [1.807, 2.05) is 11.9 Å². The first-order chi connectivity index (χ1) is 11.5. The van der Waals surface area contributed by atoms with Gasteiger partial charge in [-0.1, -0.05) is 12.1 Å². The Balaban J connectivity index is 1.84. The van der Waals surface area contributed by atoms with Crippen molar-refractivity contribution >= 4 is 27.4 Å². The molecule has 0 unspecified atom stereocenters. The lowest BCUT2D eigenvalue weighted by Crippen LogP contribution is -2.18. The fourth-order valence-electron chi connectivity index (χ4n) is 2.58. The lowest BCUT2D eigenvalue weighted by Gasteiger charge is -2.19. The zero-order valence-electron chi connectivity index (χ0n) is 13.6. The van der Waals surface area contributed by atoms with E-state index in [-0.39, 0.29) is 5.75 Å². The van der Waals surface area contributed by atoms with Crippen LogP contribution in [0.25, 0.3) is 10.2 Å². The second-order valence-corrected chi connectivity index (χ2v) is 6.74. The first kappa shape index (κ1) is 16.6. The maximum Gasteiger partial charge on any atom is 0.387 e. The number of hydrogen-bond donors (Lipinski definition) is 0. The van der Waals surface area contributed by atoms with Gasteiger partial charge in [-0.15, -0.1) is 11.3 Å². The van der Waals surface area contributed by atoms with Crippen LogP contribution in [-0.2, 0) is 6.54 Å². The monoisotopic (exact) mass is 349 g/mol. The molecule has 24 heavy (non-hydrogen) atoms. The summed E-state index contributed by atoms with van der Waals surface area (Å²) in [6, 6.07) is 6.65. The van der Waals surface area contributed by atoms with Gasteiger partial charge in [0.25, 0.3) is 0 Å². The third kappa shape index (κ3) is 3.31. The van der Waals surface area contributed by atoms with Gasteiger partial charge in [0, 0.05) is 18.5 Å². The van der Waals surface area contributed by atoms with Gasteiger partial charge in [-0.05, 0) is 37.1 Å². The molecule has 2 aromatic heterocycles. The van der Waals surface area contributed by atoms with Crippen LogP contribution in [0.3, 0.4) is 0 Å². The number of halogens is 2. The quantitative estimate of drug-likeness (QED) is 0.677. The first-order valence-corrected chi connectivity index (χ1v) is 8.23. The van der Waals surface area contributed by atoms with E-state index in [0.29, 0.717) is 6.54 Å². The lowest BCUT2D eigenvalue weighted by molar-refractivity contribution is -0.0498. The molecule has 0 N–H and O–H groups in total. The van der Waals surface area contributed by atoms with Crippen LogP contribution in [0.2, 0.25) is 0 Å². The van der Waals surface area contributed by atoms with E-state index in [4.69, 9.17) is 0 Å². The molecule has 1 aromatic carbocycles. The minimum atomic E-state index is -2.81. The van der Waals surface area contributed by atoms with E-state index < -0.39 is 6.61 Å². The number of nitrogens with zero attached hydrogens (tertiary/aromatic N) is 3. The molecule has 0 spiro atoms. The zero-order valence-corrected chi connectivity index (χ0v) is 14.4. The summed E-state index contributed by atoms with van der Waals surface area (Å²) in [4.78, 5) is 13.0. The molecule has 0 radical (unpaired) electrons. The Hall–Kier alpha value is -2.28. The summed E-state index contributed by atoms with van der Waals surface area (Å²) < 4.78 is 28.8. The summed E-state index contributed by atoms with van der Waals surface area (Å²) in [7, 11) is 1.96. The van der Waals surface area contributed by atoms with Crippen molar-refractivity contribution < 1.29 is 13.5 Å². The van der Waals surface area contributed by atoms with Crippen LogP contribution >= 0.6 is 11.3 Å². The van der Waals surface area contributed by atoms with Crippen LogP contribution in [-0.4, -0.2) is 23.6 Å². The molecule has 0 fully saturated rings.